The molecule has 0 spiro atoms. The minimum absolute atomic E-state index is 0.103. The molecule has 27 heavy (non-hydrogen) atoms. The van der Waals surface area contributed by atoms with Gasteiger partial charge in [-0.05, 0) is 43.4 Å². The first-order chi connectivity index (χ1) is 12.7. The van der Waals surface area contributed by atoms with Gasteiger partial charge in [0.15, 0.2) is 11.6 Å². The molecule has 0 heterocycles. The molecule has 1 aromatic carbocycles. The fraction of sp³-hybridized carbons (Fsp3) is 0.217. The first-order valence-electron chi connectivity index (χ1n) is 8.54. The number of halogens is 3. The van der Waals surface area contributed by atoms with Crippen LogP contribution in [0.2, 0.25) is 0 Å². The highest BCUT2D eigenvalue weighted by Crippen LogP contribution is 2.22. The van der Waals surface area contributed by atoms with Crippen LogP contribution < -0.4 is 0 Å². The lowest BCUT2D eigenvalue weighted by Gasteiger charge is -2.07. The lowest BCUT2D eigenvalue weighted by Crippen LogP contribution is -1.97. The van der Waals surface area contributed by atoms with Crippen LogP contribution in [0.4, 0.5) is 13.2 Å². The number of hydrogen-bond acceptors (Lipinski definition) is 1. The second-order valence-corrected chi connectivity index (χ2v) is 6.06. The maximum Gasteiger partial charge on any atom is 0.162 e. The average Bonchev–Trinajstić information content (AvgIpc) is 2.63. The Morgan fingerprint density at radius 2 is 1.74 bits per heavy atom. The number of ether oxygens (including phenoxy) is 1. The van der Waals surface area contributed by atoms with Gasteiger partial charge < -0.3 is 4.74 Å². The van der Waals surface area contributed by atoms with Crippen LogP contribution in [0.5, 0.6) is 0 Å². The first-order valence-corrected chi connectivity index (χ1v) is 8.54. The van der Waals surface area contributed by atoms with E-state index in [0.29, 0.717) is 36.2 Å². The monoisotopic (exact) mass is 374 g/mol. The number of rotatable bonds is 10. The van der Waals surface area contributed by atoms with E-state index in [1.165, 1.54) is 6.92 Å². The van der Waals surface area contributed by atoms with Gasteiger partial charge in [-0.3, -0.25) is 0 Å². The van der Waals surface area contributed by atoms with Crippen LogP contribution in [0.1, 0.15) is 24.5 Å². The molecule has 0 fully saturated rings. The van der Waals surface area contributed by atoms with Gasteiger partial charge in [0.2, 0.25) is 0 Å². The van der Waals surface area contributed by atoms with Crippen LogP contribution in [-0.4, -0.2) is 6.61 Å². The third-order valence-electron chi connectivity index (χ3n) is 3.88. The molecule has 0 aliphatic heterocycles. The van der Waals surface area contributed by atoms with Gasteiger partial charge in [0.25, 0.3) is 0 Å². The zero-order valence-electron chi connectivity index (χ0n) is 15.9. The molecule has 0 amide bonds. The summed E-state index contributed by atoms with van der Waals surface area (Å²) >= 11 is 0. The van der Waals surface area contributed by atoms with E-state index in [-0.39, 0.29) is 16.9 Å². The van der Waals surface area contributed by atoms with Gasteiger partial charge in [-0.2, -0.15) is 0 Å². The highest BCUT2D eigenvalue weighted by atomic mass is 19.2. The predicted octanol–water partition coefficient (Wildman–Crippen LogP) is 6.83. The van der Waals surface area contributed by atoms with Gasteiger partial charge in [0.1, 0.15) is 11.6 Å². The molecule has 0 aliphatic rings. The maximum absolute atomic E-state index is 14.1. The van der Waals surface area contributed by atoms with E-state index in [4.69, 9.17) is 4.74 Å². The second-order valence-electron chi connectivity index (χ2n) is 6.06. The Morgan fingerprint density at radius 1 is 1.07 bits per heavy atom. The molecule has 0 saturated carbocycles. The van der Waals surface area contributed by atoms with E-state index in [1.54, 1.807) is 31.2 Å². The maximum atomic E-state index is 14.1. The van der Waals surface area contributed by atoms with E-state index >= 15 is 0 Å². The Morgan fingerprint density at radius 3 is 2.37 bits per heavy atom. The van der Waals surface area contributed by atoms with Gasteiger partial charge in [-0.1, -0.05) is 56.2 Å². The van der Waals surface area contributed by atoms with E-state index < -0.39 is 17.5 Å². The number of allylic oxidation sites excluding steroid dienone is 7. The normalized spacial score (nSPS) is 11.5. The van der Waals surface area contributed by atoms with Crippen molar-refractivity contribution in [3.05, 3.63) is 108 Å². The molecule has 0 atom stereocenters. The molecule has 0 aliphatic carbocycles. The van der Waals surface area contributed by atoms with E-state index in [0.717, 1.165) is 6.08 Å². The highest BCUT2D eigenvalue weighted by molar-refractivity contribution is 5.48. The Bertz CT molecular complexity index is 813. The highest BCUT2D eigenvalue weighted by Gasteiger charge is 2.10. The Kier molecular flexibility index (Phi) is 8.60. The fourth-order valence-corrected chi connectivity index (χ4v) is 2.19. The van der Waals surface area contributed by atoms with Crippen molar-refractivity contribution in [2.24, 2.45) is 0 Å². The van der Waals surface area contributed by atoms with Gasteiger partial charge in [-0.25, -0.2) is 13.2 Å². The van der Waals surface area contributed by atoms with Crippen LogP contribution in [0.3, 0.4) is 0 Å². The zero-order valence-corrected chi connectivity index (χ0v) is 15.9. The minimum Gasteiger partial charge on any atom is -0.494 e. The van der Waals surface area contributed by atoms with Crippen molar-refractivity contribution in [2.45, 2.75) is 26.7 Å². The van der Waals surface area contributed by atoms with Crippen molar-refractivity contribution in [1.29, 1.82) is 0 Å². The molecular weight excluding hydrogens is 349 g/mol. The molecule has 0 radical (unpaired) electrons. The standard InChI is InChI=1S/C23H25F3O/c1-7-27-18(5)14-21(24)19(6)16(3)10-8-15(2)9-12-20-13-11-17(4)22(25)23(20)26/h8,10-11,13-14H,2-3,5-7,9,12H2,1,4H3/b10-8-,21-14+. The summed E-state index contributed by atoms with van der Waals surface area (Å²) in [4.78, 5) is 0. The fourth-order valence-electron chi connectivity index (χ4n) is 2.19. The minimum atomic E-state index is -0.827. The van der Waals surface area contributed by atoms with E-state index in [2.05, 4.69) is 26.3 Å². The largest absolute Gasteiger partial charge is 0.494 e. The Balaban J connectivity index is 2.65. The zero-order chi connectivity index (χ0) is 20.6. The summed E-state index contributed by atoms with van der Waals surface area (Å²) in [6.07, 6.45) is 5.11. The van der Waals surface area contributed by atoms with E-state index in [9.17, 15) is 13.2 Å². The number of aryl methyl sites for hydroxylation is 2. The number of benzene rings is 1. The lowest BCUT2D eigenvalue weighted by molar-refractivity contribution is 0.243. The molecule has 0 saturated heterocycles. The van der Waals surface area contributed by atoms with Crippen LogP contribution >= 0.6 is 0 Å². The van der Waals surface area contributed by atoms with Crippen LogP contribution in [0, 0.1) is 18.6 Å². The molecule has 144 valence electrons. The Hall–Kier alpha value is -2.75. The molecule has 1 nitrogen and oxygen atoms in total. The van der Waals surface area contributed by atoms with Crippen LogP contribution in [0.15, 0.2) is 85.0 Å². The van der Waals surface area contributed by atoms with Gasteiger partial charge in [0.05, 0.1) is 6.61 Å². The molecule has 0 unspecified atom stereocenters. The Labute approximate surface area is 159 Å². The summed E-state index contributed by atoms with van der Waals surface area (Å²) in [7, 11) is 0. The summed E-state index contributed by atoms with van der Waals surface area (Å²) in [5, 5.41) is 0. The molecule has 1 aromatic rings. The van der Waals surface area contributed by atoms with Crippen LogP contribution in [-0.2, 0) is 11.2 Å². The molecule has 1 rings (SSSR count). The predicted molar refractivity (Wildman–Crippen MR) is 106 cm³/mol. The summed E-state index contributed by atoms with van der Waals surface area (Å²) < 4.78 is 46.6. The third kappa shape index (κ3) is 6.81. The summed E-state index contributed by atoms with van der Waals surface area (Å²) in [6.45, 7) is 18.5. The van der Waals surface area contributed by atoms with Gasteiger partial charge in [-0.15, -0.1) is 0 Å². The van der Waals surface area contributed by atoms with Crippen molar-refractivity contribution in [3.8, 4) is 0 Å². The van der Waals surface area contributed by atoms with Crippen molar-refractivity contribution in [2.75, 3.05) is 6.61 Å². The third-order valence-corrected chi connectivity index (χ3v) is 3.88. The number of hydrogen-bond donors (Lipinski definition) is 0. The summed E-state index contributed by atoms with van der Waals surface area (Å²) in [5.41, 5.74) is 1.70. The second kappa shape index (κ2) is 10.4. The topological polar surface area (TPSA) is 9.23 Å². The van der Waals surface area contributed by atoms with Crippen molar-refractivity contribution in [3.63, 3.8) is 0 Å². The molecular formula is C23H25F3O. The van der Waals surface area contributed by atoms with Crippen molar-refractivity contribution in [1.82, 2.24) is 0 Å². The van der Waals surface area contributed by atoms with Crippen molar-refractivity contribution >= 4 is 0 Å². The van der Waals surface area contributed by atoms with Crippen LogP contribution in [0.25, 0.3) is 0 Å². The van der Waals surface area contributed by atoms with Crippen molar-refractivity contribution < 1.29 is 17.9 Å². The smallest absolute Gasteiger partial charge is 0.162 e. The summed E-state index contributed by atoms with van der Waals surface area (Å²) in [5.74, 6) is -2.05. The summed E-state index contributed by atoms with van der Waals surface area (Å²) in [6, 6.07) is 3.11. The molecule has 4 heteroatoms. The van der Waals surface area contributed by atoms with Gasteiger partial charge in [0, 0.05) is 11.6 Å². The molecule has 0 bridgehead atoms. The first kappa shape index (κ1) is 22.3. The lowest BCUT2D eigenvalue weighted by atomic mass is 10.0. The quantitative estimate of drug-likeness (QED) is 0.322. The SMILES string of the molecule is C=C(/C=C\C(=C)C(=C)/C(F)=C\C(=C)OCC)CCc1ccc(C)c(F)c1F. The molecule has 0 aromatic heterocycles. The van der Waals surface area contributed by atoms with Gasteiger partial charge >= 0.3 is 0 Å². The average molecular weight is 374 g/mol. The molecule has 0 N–H and O–H groups in total. The van der Waals surface area contributed by atoms with E-state index in [1.807, 2.05) is 0 Å².